The zero-order chi connectivity index (χ0) is 27.8. The summed E-state index contributed by atoms with van der Waals surface area (Å²) in [6.45, 7) is 10.9. The molecule has 0 saturated carbocycles. The van der Waals surface area contributed by atoms with E-state index < -0.39 is 0 Å². The van der Waals surface area contributed by atoms with Gasteiger partial charge in [0.15, 0.2) is 0 Å². The van der Waals surface area contributed by atoms with Gasteiger partial charge in [-0.2, -0.15) is 114 Å². The molecule has 3 heteroatoms. The van der Waals surface area contributed by atoms with E-state index in [1.165, 1.54) is 57.6 Å². The normalized spacial score (nSPS) is 13.1. The van der Waals surface area contributed by atoms with Gasteiger partial charge >= 0.3 is 28.4 Å². The van der Waals surface area contributed by atoms with Crippen LogP contribution in [0, 0.1) is 42.5 Å². The molecule has 0 nitrogen and oxygen atoms in total. The molecule has 2 aliphatic rings. The third-order valence-electron chi connectivity index (χ3n) is 5.91. The Morgan fingerprint density at radius 1 is 0.750 bits per heavy atom. The molecular weight excluding hydrogens is 607 g/mol. The second kappa shape index (κ2) is 20.6. The number of allylic oxidation sites excluding steroid dienone is 4. The van der Waals surface area contributed by atoms with Gasteiger partial charge in [0.1, 0.15) is 0 Å². The van der Waals surface area contributed by atoms with Gasteiger partial charge in [0.25, 0.3) is 0 Å². The zero-order valence-corrected chi connectivity index (χ0v) is 28.3. The molecule has 0 N–H and O–H groups in total. The van der Waals surface area contributed by atoms with E-state index >= 15 is 0 Å². The van der Waals surface area contributed by atoms with Gasteiger partial charge in [-0.3, -0.25) is 6.08 Å². The van der Waals surface area contributed by atoms with Crippen LogP contribution in [0.15, 0.2) is 115 Å². The van der Waals surface area contributed by atoms with Crippen molar-refractivity contribution in [3.05, 3.63) is 156 Å². The predicted octanol–water partition coefficient (Wildman–Crippen LogP) is 10.1. The number of rotatable bonds is 0. The molecule has 6 rings (SSSR count). The minimum Gasteiger partial charge on any atom is -0.184 e. The summed E-state index contributed by atoms with van der Waals surface area (Å²) in [7, 11) is 0. The van der Waals surface area contributed by atoms with Crippen LogP contribution in [-0.2, 0) is 30.7 Å². The molecule has 0 radical (unpaired) electrons. The van der Waals surface area contributed by atoms with Gasteiger partial charge in [-0.1, -0.05) is 81.3 Å². The molecule has 40 heavy (non-hydrogen) atoms. The van der Waals surface area contributed by atoms with Gasteiger partial charge < -0.3 is 0 Å². The predicted molar refractivity (Wildman–Crippen MR) is 175 cm³/mol. The van der Waals surface area contributed by atoms with E-state index in [0.29, 0.717) is 11.3 Å². The van der Waals surface area contributed by atoms with Gasteiger partial charge in [0.05, 0.1) is 0 Å². The smallest absolute Gasteiger partial charge is 0.0253 e. The van der Waals surface area contributed by atoms with Crippen molar-refractivity contribution < 1.29 is 24.2 Å². The van der Waals surface area contributed by atoms with E-state index in [2.05, 4.69) is 112 Å². The number of fused-ring (bicyclic) bond motifs is 3. The first kappa shape index (κ1) is 37.7. The van der Waals surface area contributed by atoms with Crippen LogP contribution in [0.1, 0.15) is 44.4 Å². The fourth-order valence-electron chi connectivity index (χ4n) is 3.86. The van der Waals surface area contributed by atoms with Crippen LogP contribution in [0.2, 0.25) is 0 Å². The summed E-state index contributed by atoms with van der Waals surface area (Å²) in [5, 5.41) is 0. The van der Waals surface area contributed by atoms with Crippen molar-refractivity contribution in [1.82, 2.24) is 0 Å². The molecule has 0 fully saturated rings. The van der Waals surface area contributed by atoms with Crippen molar-refractivity contribution in [3.63, 3.8) is 0 Å². The van der Waals surface area contributed by atoms with Gasteiger partial charge in [-0.05, 0) is 6.42 Å². The van der Waals surface area contributed by atoms with Gasteiger partial charge in [0.2, 0.25) is 0 Å². The van der Waals surface area contributed by atoms with Crippen molar-refractivity contribution in [2.45, 2.75) is 41.0 Å². The largest absolute Gasteiger partial charge is 0.184 e. The zero-order valence-electron chi connectivity index (χ0n) is 24.2. The Morgan fingerprint density at radius 3 is 1.80 bits per heavy atom. The number of halogens is 2. The average molecular weight is 647 g/mol. The molecule has 210 valence electrons. The fraction of sp³-hybridized carbons (Fsp3) is 0.216. The molecule has 4 aromatic carbocycles. The summed E-state index contributed by atoms with van der Waals surface area (Å²) in [5.41, 5.74) is 8.52. The van der Waals surface area contributed by atoms with Crippen LogP contribution in [0.4, 0.5) is 0 Å². The molecule has 2 aliphatic carbocycles. The average Bonchev–Trinajstić information content (AvgIpc) is 3.56. The van der Waals surface area contributed by atoms with E-state index in [-0.39, 0.29) is 24.8 Å². The molecule has 0 aromatic heterocycles. The van der Waals surface area contributed by atoms with Crippen molar-refractivity contribution in [1.29, 1.82) is 0 Å². The third kappa shape index (κ3) is 13.4. The maximum absolute atomic E-state index is 3.34. The summed E-state index contributed by atoms with van der Waals surface area (Å²) in [6.07, 6.45) is 8.70. The minimum atomic E-state index is 0. The van der Waals surface area contributed by atoms with E-state index in [4.69, 9.17) is 0 Å². The molecule has 0 aliphatic heterocycles. The first-order valence-corrected chi connectivity index (χ1v) is 14.7. The Morgan fingerprint density at radius 2 is 1.35 bits per heavy atom. The monoisotopic (exact) mass is 644 g/mol. The van der Waals surface area contributed by atoms with Crippen molar-refractivity contribution >= 4 is 29.0 Å². The second-order valence-corrected chi connectivity index (χ2v) is 10.0. The molecule has 1 atom stereocenters. The maximum Gasteiger partial charge on any atom is -0.0253 e. The van der Waals surface area contributed by atoms with Crippen molar-refractivity contribution in [2.24, 2.45) is 11.3 Å². The molecule has 0 bridgehead atoms. The number of hydrogen-bond donors (Lipinski definition) is 0. The Bertz CT molecular complexity index is 1200. The number of benzene rings is 4. The molecule has 0 saturated heterocycles. The van der Waals surface area contributed by atoms with E-state index in [9.17, 15) is 0 Å². The van der Waals surface area contributed by atoms with Crippen LogP contribution < -0.4 is 0 Å². The van der Waals surface area contributed by atoms with Crippen LogP contribution in [0.25, 0.3) is 11.1 Å². The first-order chi connectivity index (χ1) is 18.3. The summed E-state index contributed by atoms with van der Waals surface area (Å²) in [4.78, 5) is 0. The summed E-state index contributed by atoms with van der Waals surface area (Å²) in [6, 6.07) is 41.4. The SMILES string of the molecule is CC1[C-]=CC(C(C)(C)C)=C1.Cc1cc[c-]cc1.Cl.Cl.[CH2]=[Zr].[c-]1cccc2c1Cc1ccccc1-2.[c-]1ccccc1. The molecule has 4 aromatic rings. The quantitative estimate of drug-likeness (QED) is 0.147. The van der Waals surface area contributed by atoms with Crippen LogP contribution in [0.3, 0.4) is 0 Å². The summed E-state index contributed by atoms with van der Waals surface area (Å²) < 4.78 is 3.34. The second-order valence-electron chi connectivity index (χ2n) is 10.0. The standard InChI is InChI=1S/C13H9.C10H15.C7H7.C6H5.CH2.2ClH.Zr/c1-3-7-12-10(5-1)9-11-6-2-4-8-13(11)12;1-8-5-6-9(7-8)10(2,3)4;1-7-5-3-2-4-6-7;1-2-4-6-5-3-1;;;;/h1-5,7-8H,9H2;6-8H,1-4H3;3-6H,1H3;1-5H;1H2;2*1H;/q4*-1;;;;. The first-order valence-electron chi connectivity index (χ1n) is 12.9. The Balaban J connectivity index is 0.000000508. The maximum atomic E-state index is 3.34. The fourth-order valence-corrected chi connectivity index (χ4v) is 3.86. The van der Waals surface area contributed by atoms with Crippen LogP contribution >= 0.6 is 24.8 Å². The number of aryl methyl sites for hydroxylation is 1. The van der Waals surface area contributed by atoms with E-state index in [0.717, 1.165) is 6.42 Å². The molecule has 0 heterocycles. The molecule has 1 unspecified atom stereocenters. The van der Waals surface area contributed by atoms with Crippen LogP contribution in [-0.4, -0.2) is 4.21 Å². The third-order valence-corrected chi connectivity index (χ3v) is 5.91. The van der Waals surface area contributed by atoms with Gasteiger partial charge in [-0.15, -0.1) is 30.4 Å². The van der Waals surface area contributed by atoms with Gasteiger partial charge in [-0.25, -0.2) is 6.08 Å². The molecular formula is C37H40Cl2Zr-4. The summed E-state index contributed by atoms with van der Waals surface area (Å²) in [5.74, 6) is 0.522. The van der Waals surface area contributed by atoms with Gasteiger partial charge in [0, 0.05) is 0 Å². The Hall–Kier alpha value is -2.31. The minimum absolute atomic E-state index is 0. The van der Waals surface area contributed by atoms with Crippen molar-refractivity contribution in [3.8, 4) is 11.1 Å². The Kier molecular flexibility index (Phi) is 19.4. The molecule has 0 amide bonds. The molecule has 0 spiro atoms. The van der Waals surface area contributed by atoms with E-state index in [1.807, 2.05) is 60.7 Å². The van der Waals surface area contributed by atoms with Crippen LogP contribution in [0.5, 0.6) is 0 Å². The van der Waals surface area contributed by atoms with E-state index in [1.54, 1.807) is 0 Å². The summed E-state index contributed by atoms with van der Waals surface area (Å²) >= 11 is 1.30. The van der Waals surface area contributed by atoms with Crippen molar-refractivity contribution in [2.75, 3.05) is 0 Å². The Labute approximate surface area is 270 Å². The topological polar surface area (TPSA) is 0 Å². The number of hydrogen-bond acceptors (Lipinski definition) is 0.